The number of fused-ring (bicyclic) bond motifs is 1. The van der Waals surface area contributed by atoms with E-state index >= 15 is 0 Å². The molecule has 0 aromatic carbocycles. The summed E-state index contributed by atoms with van der Waals surface area (Å²) in [6.45, 7) is 3.42. The van der Waals surface area contributed by atoms with Gasteiger partial charge >= 0.3 is 0 Å². The van der Waals surface area contributed by atoms with Gasteiger partial charge in [0.2, 0.25) is 0 Å². The number of aromatic nitrogens is 1. The lowest BCUT2D eigenvalue weighted by Gasteiger charge is -2.30. The lowest BCUT2D eigenvalue weighted by Crippen LogP contribution is -2.36. The van der Waals surface area contributed by atoms with Gasteiger partial charge in [-0.25, -0.2) is 4.98 Å². The van der Waals surface area contributed by atoms with E-state index in [2.05, 4.69) is 23.9 Å². The van der Waals surface area contributed by atoms with Crippen molar-refractivity contribution in [1.82, 2.24) is 9.88 Å². The summed E-state index contributed by atoms with van der Waals surface area (Å²) in [5.41, 5.74) is 6.98. The number of anilines is 1. The molecule has 0 bridgehead atoms. The molecule has 1 aromatic rings. The fourth-order valence-corrected chi connectivity index (χ4v) is 3.24. The third kappa shape index (κ3) is 2.32. The third-order valence-electron chi connectivity index (χ3n) is 3.13. The van der Waals surface area contributed by atoms with Crippen molar-refractivity contribution in [1.29, 1.82) is 0 Å². The molecule has 0 spiro atoms. The van der Waals surface area contributed by atoms with Crippen LogP contribution in [0.15, 0.2) is 0 Å². The highest BCUT2D eigenvalue weighted by molar-refractivity contribution is 7.15. The van der Waals surface area contributed by atoms with E-state index in [-0.39, 0.29) is 0 Å². The Kier molecular flexibility index (Phi) is 3.26. The molecule has 15 heavy (non-hydrogen) atoms. The molecule has 84 valence electrons. The van der Waals surface area contributed by atoms with Gasteiger partial charge in [-0.2, -0.15) is 0 Å². The predicted octanol–water partition coefficient (Wildman–Crippen LogP) is 1.92. The van der Waals surface area contributed by atoms with Gasteiger partial charge in [0.1, 0.15) is 0 Å². The molecule has 0 saturated carbocycles. The average Bonchev–Trinajstić information content (AvgIpc) is 2.57. The Hall–Kier alpha value is -0.610. The van der Waals surface area contributed by atoms with Crippen molar-refractivity contribution in [2.45, 2.75) is 38.6 Å². The van der Waals surface area contributed by atoms with Crippen molar-refractivity contribution in [3.8, 4) is 0 Å². The van der Waals surface area contributed by atoms with E-state index in [0.29, 0.717) is 6.04 Å². The maximum atomic E-state index is 5.73. The van der Waals surface area contributed by atoms with Gasteiger partial charge in [0.15, 0.2) is 5.13 Å². The number of hydrogen-bond acceptors (Lipinski definition) is 4. The van der Waals surface area contributed by atoms with E-state index in [0.717, 1.165) is 18.0 Å². The minimum atomic E-state index is 0.692. The molecule has 2 rings (SSSR count). The Morgan fingerprint density at radius 3 is 3.13 bits per heavy atom. The van der Waals surface area contributed by atoms with E-state index in [4.69, 9.17) is 5.73 Å². The highest BCUT2D eigenvalue weighted by atomic mass is 32.1. The zero-order chi connectivity index (χ0) is 10.8. The number of likely N-dealkylation sites (N-methyl/N-ethyl adjacent to an activating group) is 1. The summed E-state index contributed by atoms with van der Waals surface area (Å²) in [6.07, 6.45) is 4.69. The van der Waals surface area contributed by atoms with Crippen LogP contribution >= 0.6 is 11.3 Å². The number of nitrogens with two attached hydrogens (primary N) is 1. The van der Waals surface area contributed by atoms with Crippen molar-refractivity contribution in [2.75, 3.05) is 19.3 Å². The molecule has 1 atom stereocenters. The molecular weight excluding hydrogens is 206 g/mol. The normalized spacial score (nSPS) is 20.6. The average molecular weight is 225 g/mol. The molecule has 1 heterocycles. The van der Waals surface area contributed by atoms with Gasteiger partial charge in [-0.3, -0.25) is 0 Å². The first-order valence-electron chi connectivity index (χ1n) is 5.65. The van der Waals surface area contributed by atoms with Crippen molar-refractivity contribution in [2.24, 2.45) is 0 Å². The number of hydrogen-bond donors (Lipinski definition) is 1. The van der Waals surface area contributed by atoms with E-state index in [9.17, 15) is 0 Å². The highest BCUT2D eigenvalue weighted by Gasteiger charge is 2.24. The molecule has 1 unspecified atom stereocenters. The molecular formula is C11H19N3S. The summed E-state index contributed by atoms with van der Waals surface area (Å²) < 4.78 is 0. The maximum Gasteiger partial charge on any atom is 0.180 e. The second kappa shape index (κ2) is 4.49. The second-order valence-corrected chi connectivity index (χ2v) is 5.41. The van der Waals surface area contributed by atoms with Crippen molar-refractivity contribution < 1.29 is 0 Å². The van der Waals surface area contributed by atoms with Crippen molar-refractivity contribution in [3.63, 3.8) is 0 Å². The van der Waals surface area contributed by atoms with Gasteiger partial charge < -0.3 is 10.6 Å². The van der Waals surface area contributed by atoms with Crippen LogP contribution in [0.4, 0.5) is 5.13 Å². The van der Waals surface area contributed by atoms with Gasteiger partial charge in [0.05, 0.1) is 5.69 Å². The van der Waals surface area contributed by atoms with Crippen LogP contribution in [-0.4, -0.2) is 29.5 Å². The summed E-state index contributed by atoms with van der Waals surface area (Å²) in [6, 6.07) is 0.692. The Bertz CT molecular complexity index is 335. The molecule has 4 heteroatoms. The summed E-state index contributed by atoms with van der Waals surface area (Å²) in [4.78, 5) is 8.25. The van der Waals surface area contributed by atoms with E-state index in [1.165, 1.54) is 30.0 Å². The molecule has 0 saturated heterocycles. The van der Waals surface area contributed by atoms with Gasteiger partial charge in [-0.15, -0.1) is 11.3 Å². The third-order valence-corrected chi connectivity index (χ3v) is 4.08. The number of nitrogen functional groups attached to an aromatic ring is 1. The monoisotopic (exact) mass is 225 g/mol. The van der Waals surface area contributed by atoms with Crippen LogP contribution in [0.3, 0.4) is 0 Å². The zero-order valence-electron chi connectivity index (χ0n) is 9.49. The minimum absolute atomic E-state index is 0.692. The van der Waals surface area contributed by atoms with Crippen LogP contribution in [-0.2, 0) is 12.8 Å². The number of nitrogens with zero attached hydrogens (tertiary/aromatic N) is 2. The van der Waals surface area contributed by atoms with E-state index < -0.39 is 0 Å². The lowest BCUT2D eigenvalue weighted by atomic mass is 9.96. The maximum absolute atomic E-state index is 5.73. The Balaban J connectivity index is 2.04. The second-order valence-electron chi connectivity index (χ2n) is 4.30. The molecule has 1 aliphatic rings. The first-order chi connectivity index (χ1) is 7.20. The van der Waals surface area contributed by atoms with Crippen molar-refractivity contribution >= 4 is 16.5 Å². The number of aryl methyl sites for hydroxylation is 1. The van der Waals surface area contributed by atoms with Gasteiger partial charge in [-0.05, 0) is 39.3 Å². The summed E-state index contributed by atoms with van der Waals surface area (Å²) in [7, 11) is 2.23. The molecule has 0 fully saturated rings. The molecule has 0 radical (unpaired) electrons. The van der Waals surface area contributed by atoms with Gasteiger partial charge in [-0.1, -0.05) is 6.92 Å². The SMILES string of the molecule is CCCN(C)C1CCc2nc(N)sc2C1. The number of thiazole rings is 1. The smallest absolute Gasteiger partial charge is 0.180 e. The molecule has 2 N–H and O–H groups in total. The Morgan fingerprint density at radius 2 is 2.40 bits per heavy atom. The standard InChI is InChI=1S/C11H19N3S/c1-3-6-14(2)8-4-5-9-10(7-8)15-11(12)13-9/h8H,3-7H2,1-2H3,(H2,12,13). The molecule has 1 aromatic heterocycles. The quantitative estimate of drug-likeness (QED) is 0.854. The van der Waals surface area contributed by atoms with E-state index in [1.54, 1.807) is 11.3 Å². The first kappa shape index (κ1) is 10.9. The highest BCUT2D eigenvalue weighted by Crippen LogP contribution is 2.29. The van der Waals surface area contributed by atoms with Crippen LogP contribution in [0.1, 0.15) is 30.3 Å². The molecule has 0 amide bonds. The largest absolute Gasteiger partial charge is 0.375 e. The van der Waals surface area contributed by atoms with Crippen LogP contribution in [0, 0.1) is 0 Å². The topological polar surface area (TPSA) is 42.2 Å². The van der Waals surface area contributed by atoms with Crippen molar-refractivity contribution in [3.05, 3.63) is 10.6 Å². The predicted molar refractivity (Wildman–Crippen MR) is 65.3 cm³/mol. The molecule has 0 aliphatic heterocycles. The van der Waals surface area contributed by atoms with Crippen LogP contribution in [0.25, 0.3) is 0 Å². The van der Waals surface area contributed by atoms with Crippen LogP contribution in [0.2, 0.25) is 0 Å². The van der Waals surface area contributed by atoms with Crippen LogP contribution < -0.4 is 5.73 Å². The van der Waals surface area contributed by atoms with E-state index in [1.807, 2.05) is 0 Å². The Labute approximate surface area is 95.3 Å². The molecule has 1 aliphatic carbocycles. The fraction of sp³-hybridized carbons (Fsp3) is 0.727. The minimum Gasteiger partial charge on any atom is -0.375 e. The van der Waals surface area contributed by atoms with Gasteiger partial charge in [0.25, 0.3) is 0 Å². The molecule has 3 nitrogen and oxygen atoms in total. The van der Waals surface area contributed by atoms with Gasteiger partial charge in [0, 0.05) is 10.9 Å². The lowest BCUT2D eigenvalue weighted by molar-refractivity contribution is 0.223. The number of rotatable bonds is 3. The summed E-state index contributed by atoms with van der Waals surface area (Å²) >= 11 is 1.67. The van der Waals surface area contributed by atoms with Crippen LogP contribution in [0.5, 0.6) is 0 Å². The zero-order valence-corrected chi connectivity index (χ0v) is 10.3. The Morgan fingerprint density at radius 1 is 1.60 bits per heavy atom. The fourth-order valence-electron chi connectivity index (χ4n) is 2.29. The summed E-state index contributed by atoms with van der Waals surface area (Å²) in [5.74, 6) is 0. The summed E-state index contributed by atoms with van der Waals surface area (Å²) in [5, 5.41) is 0.735. The first-order valence-corrected chi connectivity index (χ1v) is 6.46.